The summed E-state index contributed by atoms with van der Waals surface area (Å²) in [5, 5.41) is 4.24. The molecule has 3 heterocycles. The molecule has 2 aromatic carbocycles. The van der Waals surface area contributed by atoms with Crippen LogP contribution in [0.15, 0.2) is 53.3 Å². The molecule has 5 rings (SSSR count). The minimum absolute atomic E-state index is 0.220. The van der Waals surface area contributed by atoms with Gasteiger partial charge in [-0.25, -0.2) is 0 Å². The number of H-pyrrole nitrogens is 1. The molecule has 7 heteroatoms. The third-order valence-corrected chi connectivity index (χ3v) is 4.94. The number of rotatable bonds is 2. The molecular formula is C21H17N3O4. The average molecular weight is 375 g/mol. The number of benzene rings is 2. The summed E-state index contributed by atoms with van der Waals surface area (Å²) >= 11 is 0. The Kier molecular flexibility index (Phi) is 3.61. The molecule has 1 aliphatic heterocycles. The van der Waals surface area contributed by atoms with E-state index in [-0.39, 0.29) is 11.5 Å². The number of hydrogen-bond acceptors (Lipinski definition) is 4. The van der Waals surface area contributed by atoms with Gasteiger partial charge in [0.25, 0.3) is 11.5 Å². The Morgan fingerprint density at radius 1 is 1.04 bits per heavy atom. The SMILES string of the molecule is Cn1c(C(=O)Nc2ccc3c(c2)OCCO3)cc2c(=O)[nH]c3ccccc3c21. The van der Waals surface area contributed by atoms with Gasteiger partial charge in [-0.2, -0.15) is 0 Å². The first-order valence-corrected chi connectivity index (χ1v) is 8.93. The van der Waals surface area contributed by atoms with Gasteiger partial charge in [0, 0.05) is 24.2 Å². The summed E-state index contributed by atoms with van der Waals surface area (Å²) < 4.78 is 12.8. The van der Waals surface area contributed by atoms with Crippen LogP contribution in [0.2, 0.25) is 0 Å². The molecule has 0 unspecified atom stereocenters. The fraction of sp³-hybridized carbons (Fsp3) is 0.143. The lowest BCUT2D eigenvalue weighted by Gasteiger charge is -2.19. The van der Waals surface area contributed by atoms with E-state index in [4.69, 9.17) is 9.47 Å². The largest absolute Gasteiger partial charge is 0.486 e. The van der Waals surface area contributed by atoms with Crippen LogP contribution in [0.1, 0.15) is 10.5 Å². The molecule has 0 spiro atoms. The Balaban J connectivity index is 1.57. The van der Waals surface area contributed by atoms with E-state index in [1.807, 2.05) is 24.3 Å². The standard InChI is InChI=1S/C21H17N3O4/c1-24-16(11-14-19(24)13-4-2-3-5-15(13)23-20(14)25)21(26)22-12-6-7-17-18(10-12)28-9-8-27-17/h2-7,10-11H,8-9H2,1H3,(H,22,26)(H,23,25). The fourth-order valence-corrected chi connectivity index (χ4v) is 3.62. The second kappa shape index (κ2) is 6.16. The van der Waals surface area contributed by atoms with E-state index in [1.54, 1.807) is 35.9 Å². The molecular weight excluding hydrogens is 358 g/mol. The number of nitrogens with zero attached hydrogens (tertiary/aromatic N) is 1. The van der Waals surface area contributed by atoms with Gasteiger partial charge in [0.15, 0.2) is 11.5 Å². The molecule has 4 aromatic rings. The van der Waals surface area contributed by atoms with Crippen LogP contribution in [-0.2, 0) is 7.05 Å². The second-order valence-corrected chi connectivity index (χ2v) is 6.66. The quantitative estimate of drug-likeness (QED) is 0.564. The maximum atomic E-state index is 12.9. The van der Waals surface area contributed by atoms with E-state index in [2.05, 4.69) is 10.3 Å². The summed E-state index contributed by atoms with van der Waals surface area (Å²) in [6.45, 7) is 0.987. The Morgan fingerprint density at radius 3 is 2.68 bits per heavy atom. The van der Waals surface area contributed by atoms with E-state index >= 15 is 0 Å². The van der Waals surface area contributed by atoms with Gasteiger partial charge < -0.3 is 24.3 Å². The summed E-state index contributed by atoms with van der Waals surface area (Å²) in [7, 11) is 1.78. The number of anilines is 1. The minimum Gasteiger partial charge on any atom is -0.486 e. The number of fused-ring (bicyclic) bond motifs is 4. The van der Waals surface area contributed by atoms with Gasteiger partial charge in [0.05, 0.1) is 16.4 Å². The molecule has 0 fully saturated rings. The van der Waals surface area contributed by atoms with Gasteiger partial charge >= 0.3 is 0 Å². The second-order valence-electron chi connectivity index (χ2n) is 6.66. The van der Waals surface area contributed by atoms with Crippen molar-refractivity contribution in [3.05, 3.63) is 64.6 Å². The summed E-state index contributed by atoms with van der Waals surface area (Å²) in [5.41, 5.74) is 2.24. The lowest BCUT2D eigenvalue weighted by atomic mass is 10.1. The zero-order chi connectivity index (χ0) is 19.3. The lowest BCUT2D eigenvalue weighted by molar-refractivity contribution is 0.101. The van der Waals surface area contributed by atoms with E-state index in [9.17, 15) is 9.59 Å². The van der Waals surface area contributed by atoms with Crippen LogP contribution in [0.4, 0.5) is 5.69 Å². The summed E-state index contributed by atoms with van der Waals surface area (Å²) in [6, 6.07) is 14.4. The van der Waals surface area contributed by atoms with Crippen molar-refractivity contribution in [1.29, 1.82) is 0 Å². The van der Waals surface area contributed by atoms with Crippen molar-refractivity contribution in [2.75, 3.05) is 18.5 Å². The number of hydrogen-bond donors (Lipinski definition) is 2. The number of para-hydroxylation sites is 1. The number of ether oxygens (including phenoxy) is 2. The van der Waals surface area contributed by atoms with Crippen molar-refractivity contribution in [2.24, 2.45) is 7.05 Å². The van der Waals surface area contributed by atoms with Crippen LogP contribution >= 0.6 is 0 Å². The van der Waals surface area contributed by atoms with E-state index < -0.39 is 0 Å². The molecule has 7 nitrogen and oxygen atoms in total. The van der Waals surface area contributed by atoms with Crippen LogP contribution in [0.5, 0.6) is 11.5 Å². The highest BCUT2D eigenvalue weighted by molar-refractivity contribution is 6.11. The molecule has 2 aromatic heterocycles. The first-order chi connectivity index (χ1) is 13.6. The zero-order valence-corrected chi connectivity index (χ0v) is 15.1. The highest BCUT2D eigenvalue weighted by Crippen LogP contribution is 2.33. The predicted octanol–water partition coefficient (Wildman–Crippen LogP) is 3.04. The molecule has 1 aliphatic rings. The molecule has 2 N–H and O–H groups in total. The van der Waals surface area contributed by atoms with Gasteiger partial charge in [-0.1, -0.05) is 18.2 Å². The smallest absolute Gasteiger partial charge is 0.272 e. The van der Waals surface area contributed by atoms with Crippen LogP contribution < -0.4 is 20.3 Å². The summed E-state index contributed by atoms with van der Waals surface area (Å²) in [4.78, 5) is 28.2. The van der Waals surface area contributed by atoms with Gasteiger partial charge in [0.1, 0.15) is 18.9 Å². The third kappa shape index (κ3) is 2.51. The molecule has 0 saturated carbocycles. The summed E-state index contributed by atoms with van der Waals surface area (Å²) in [5.74, 6) is 0.953. The number of aryl methyl sites for hydroxylation is 1. The number of pyridine rings is 1. The number of carbonyl (C=O) groups is 1. The van der Waals surface area contributed by atoms with Crippen LogP contribution in [0.3, 0.4) is 0 Å². The number of aromatic amines is 1. The topological polar surface area (TPSA) is 85.3 Å². The molecule has 0 radical (unpaired) electrons. The predicted molar refractivity (Wildman–Crippen MR) is 106 cm³/mol. The highest BCUT2D eigenvalue weighted by atomic mass is 16.6. The zero-order valence-electron chi connectivity index (χ0n) is 15.1. The molecule has 1 amide bonds. The highest BCUT2D eigenvalue weighted by Gasteiger charge is 2.19. The third-order valence-electron chi connectivity index (χ3n) is 4.94. The van der Waals surface area contributed by atoms with Crippen molar-refractivity contribution in [2.45, 2.75) is 0 Å². The Labute approximate surface area is 159 Å². The van der Waals surface area contributed by atoms with Gasteiger partial charge in [-0.3, -0.25) is 9.59 Å². The Morgan fingerprint density at radius 2 is 1.82 bits per heavy atom. The van der Waals surface area contributed by atoms with Crippen LogP contribution in [0.25, 0.3) is 21.8 Å². The van der Waals surface area contributed by atoms with Crippen molar-refractivity contribution in [1.82, 2.24) is 9.55 Å². The Hall–Kier alpha value is -3.74. The Bertz CT molecular complexity index is 1300. The van der Waals surface area contributed by atoms with Crippen LogP contribution in [0, 0.1) is 0 Å². The maximum absolute atomic E-state index is 12.9. The first kappa shape index (κ1) is 16.4. The molecule has 0 aliphatic carbocycles. The van der Waals surface area contributed by atoms with Gasteiger partial charge in [0.2, 0.25) is 0 Å². The van der Waals surface area contributed by atoms with E-state index in [0.717, 1.165) is 16.4 Å². The molecule has 0 bridgehead atoms. The number of aromatic nitrogens is 2. The molecule has 0 saturated heterocycles. The fourth-order valence-electron chi connectivity index (χ4n) is 3.62. The monoisotopic (exact) mass is 375 g/mol. The molecule has 0 atom stereocenters. The van der Waals surface area contributed by atoms with Crippen molar-refractivity contribution in [3.63, 3.8) is 0 Å². The normalized spacial score (nSPS) is 13.0. The average Bonchev–Trinajstić information content (AvgIpc) is 3.06. The number of amides is 1. The lowest BCUT2D eigenvalue weighted by Crippen LogP contribution is -2.17. The maximum Gasteiger partial charge on any atom is 0.272 e. The van der Waals surface area contributed by atoms with Crippen molar-refractivity contribution in [3.8, 4) is 11.5 Å². The molecule has 28 heavy (non-hydrogen) atoms. The first-order valence-electron chi connectivity index (χ1n) is 8.93. The molecule has 140 valence electrons. The van der Waals surface area contributed by atoms with E-state index in [1.165, 1.54) is 0 Å². The summed E-state index contributed by atoms with van der Waals surface area (Å²) in [6.07, 6.45) is 0. The minimum atomic E-state index is -0.307. The van der Waals surface area contributed by atoms with Crippen molar-refractivity contribution >= 4 is 33.4 Å². The number of nitrogens with one attached hydrogen (secondary N) is 2. The van der Waals surface area contributed by atoms with Crippen molar-refractivity contribution < 1.29 is 14.3 Å². The van der Waals surface area contributed by atoms with Gasteiger partial charge in [-0.15, -0.1) is 0 Å². The van der Waals surface area contributed by atoms with E-state index in [0.29, 0.717) is 41.5 Å². The number of carbonyl (C=O) groups excluding carboxylic acids is 1. The van der Waals surface area contributed by atoms with Gasteiger partial charge in [-0.05, 0) is 24.3 Å². The van der Waals surface area contributed by atoms with Crippen LogP contribution in [-0.4, -0.2) is 28.7 Å².